The first-order valence-corrected chi connectivity index (χ1v) is 12.2. The van der Waals surface area contributed by atoms with Gasteiger partial charge in [-0.2, -0.15) is 0 Å². The fourth-order valence-electron chi connectivity index (χ4n) is 3.15. The summed E-state index contributed by atoms with van der Waals surface area (Å²) in [5, 5.41) is 5.67. The van der Waals surface area contributed by atoms with Gasteiger partial charge in [0, 0.05) is 29.4 Å². The summed E-state index contributed by atoms with van der Waals surface area (Å²) in [5.74, 6) is -0.534. The molecule has 0 spiro atoms. The summed E-state index contributed by atoms with van der Waals surface area (Å²) < 4.78 is 26.9. The third-order valence-corrected chi connectivity index (χ3v) is 6.87. The van der Waals surface area contributed by atoms with Crippen molar-refractivity contribution in [2.24, 2.45) is 0 Å². The van der Waals surface area contributed by atoms with Gasteiger partial charge in [0.05, 0.1) is 10.6 Å². The van der Waals surface area contributed by atoms with Crippen molar-refractivity contribution in [1.29, 1.82) is 0 Å². The van der Waals surface area contributed by atoms with E-state index in [4.69, 9.17) is 0 Å². The maximum absolute atomic E-state index is 12.9. The number of hydrogen-bond donors (Lipinski definition) is 2. The lowest BCUT2D eigenvalue weighted by Crippen LogP contribution is -2.40. The predicted molar refractivity (Wildman–Crippen MR) is 135 cm³/mol. The van der Waals surface area contributed by atoms with Gasteiger partial charge < -0.3 is 10.6 Å². The number of carbonyl (C=O) groups excluding carboxylic acids is 2. The number of nitrogens with zero attached hydrogens (tertiary/aromatic N) is 1. The minimum absolute atomic E-state index is 0.189. The van der Waals surface area contributed by atoms with Gasteiger partial charge in [0.15, 0.2) is 0 Å². The van der Waals surface area contributed by atoms with Crippen LogP contribution in [-0.4, -0.2) is 32.8 Å². The molecule has 0 radical (unpaired) electrons. The zero-order chi connectivity index (χ0) is 25.1. The summed E-state index contributed by atoms with van der Waals surface area (Å²) in [4.78, 5) is 25.1. The van der Waals surface area contributed by atoms with Gasteiger partial charge in [-0.15, -0.1) is 0 Å². The lowest BCUT2D eigenvalue weighted by molar-refractivity contribution is 0.0919. The highest BCUT2D eigenvalue weighted by molar-refractivity contribution is 7.92. The van der Waals surface area contributed by atoms with E-state index in [2.05, 4.69) is 10.6 Å². The van der Waals surface area contributed by atoms with Gasteiger partial charge in [-0.25, -0.2) is 8.42 Å². The number of hydrogen-bond acceptors (Lipinski definition) is 4. The van der Waals surface area contributed by atoms with Gasteiger partial charge in [0.25, 0.3) is 21.8 Å². The summed E-state index contributed by atoms with van der Waals surface area (Å²) in [5.41, 5.74) is 2.48. The highest BCUT2D eigenvalue weighted by atomic mass is 32.2. The molecule has 0 saturated heterocycles. The molecular weight excluding hydrogens is 450 g/mol. The molecule has 8 heteroatoms. The van der Waals surface area contributed by atoms with Crippen LogP contribution < -0.4 is 14.9 Å². The Morgan fingerprint density at radius 1 is 0.765 bits per heavy atom. The van der Waals surface area contributed by atoms with E-state index in [-0.39, 0.29) is 22.2 Å². The summed E-state index contributed by atoms with van der Waals surface area (Å²) in [6, 6.07) is 19.5. The van der Waals surface area contributed by atoms with Crippen molar-refractivity contribution in [2.75, 3.05) is 16.7 Å². The molecule has 0 aliphatic rings. The van der Waals surface area contributed by atoms with Crippen LogP contribution in [0.5, 0.6) is 0 Å². The summed E-state index contributed by atoms with van der Waals surface area (Å²) in [6.45, 7) is 7.60. The second-order valence-corrected chi connectivity index (χ2v) is 11.0. The minimum Gasteiger partial charge on any atom is -0.347 e. The third-order valence-electron chi connectivity index (χ3n) is 5.07. The van der Waals surface area contributed by atoms with Crippen LogP contribution in [0, 0.1) is 6.92 Å². The van der Waals surface area contributed by atoms with Gasteiger partial charge in [-0.05, 0) is 88.4 Å². The molecule has 178 valence electrons. The predicted octanol–water partition coefficient (Wildman–Crippen LogP) is 4.60. The molecule has 3 rings (SSSR count). The number of nitrogens with one attached hydrogen (secondary N) is 2. The fraction of sp³-hybridized carbons (Fsp3) is 0.231. The number of rotatable bonds is 6. The third kappa shape index (κ3) is 6.02. The minimum atomic E-state index is -3.71. The molecule has 0 saturated carbocycles. The van der Waals surface area contributed by atoms with Gasteiger partial charge in [0.1, 0.15) is 0 Å². The maximum Gasteiger partial charge on any atom is 0.264 e. The molecule has 0 bridgehead atoms. The Kier molecular flexibility index (Phi) is 7.12. The molecular formula is C26H29N3O4S. The number of benzene rings is 3. The molecule has 0 aromatic heterocycles. The van der Waals surface area contributed by atoms with Crippen LogP contribution in [0.2, 0.25) is 0 Å². The van der Waals surface area contributed by atoms with Crippen LogP contribution in [0.4, 0.5) is 11.4 Å². The molecule has 2 N–H and O–H groups in total. The van der Waals surface area contributed by atoms with E-state index < -0.39 is 10.0 Å². The highest BCUT2D eigenvalue weighted by Gasteiger charge is 2.21. The Hall–Kier alpha value is -3.65. The van der Waals surface area contributed by atoms with E-state index in [0.717, 1.165) is 5.56 Å². The van der Waals surface area contributed by atoms with Crippen molar-refractivity contribution in [3.63, 3.8) is 0 Å². The first kappa shape index (κ1) is 25.0. The van der Waals surface area contributed by atoms with Crippen LogP contribution in [-0.2, 0) is 10.0 Å². The Labute approximate surface area is 200 Å². The molecule has 0 unspecified atom stereocenters. The van der Waals surface area contributed by atoms with Gasteiger partial charge in [-0.3, -0.25) is 13.9 Å². The first-order chi connectivity index (χ1) is 15.9. The van der Waals surface area contributed by atoms with E-state index in [9.17, 15) is 18.0 Å². The molecule has 3 aromatic rings. The average molecular weight is 480 g/mol. The van der Waals surface area contributed by atoms with Crippen molar-refractivity contribution in [3.05, 3.63) is 89.5 Å². The summed E-state index contributed by atoms with van der Waals surface area (Å²) in [6.07, 6.45) is 0. The number of anilines is 2. The molecule has 0 atom stereocenters. The Morgan fingerprint density at radius 3 is 1.79 bits per heavy atom. The van der Waals surface area contributed by atoms with Gasteiger partial charge in [-0.1, -0.05) is 17.7 Å². The second kappa shape index (κ2) is 9.69. The molecule has 3 aromatic carbocycles. The standard InChI is InChI=1S/C26H29N3O4S/c1-18-6-16-23(17-7-18)34(32,33)29(5)22-14-10-19(11-15-22)24(30)27-21-12-8-20(9-13-21)25(31)28-26(2,3)4/h6-17H,1-5H3,(H,27,30)(H,28,31). The topological polar surface area (TPSA) is 95.6 Å². The smallest absolute Gasteiger partial charge is 0.264 e. The van der Waals surface area contributed by atoms with Crippen LogP contribution >= 0.6 is 0 Å². The molecule has 0 aliphatic carbocycles. The molecule has 0 heterocycles. The summed E-state index contributed by atoms with van der Waals surface area (Å²) >= 11 is 0. The largest absolute Gasteiger partial charge is 0.347 e. The van der Waals surface area contributed by atoms with E-state index in [1.807, 2.05) is 27.7 Å². The lowest BCUT2D eigenvalue weighted by Gasteiger charge is -2.20. The normalized spacial score (nSPS) is 11.6. The molecule has 2 amide bonds. The first-order valence-electron chi connectivity index (χ1n) is 10.8. The SMILES string of the molecule is Cc1ccc(S(=O)(=O)N(C)c2ccc(C(=O)Nc3ccc(C(=O)NC(C)(C)C)cc3)cc2)cc1. The molecule has 0 aliphatic heterocycles. The van der Waals surface area contributed by atoms with Crippen molar-refractivity contribution in [1.82, 2.24) is 5.32 Å². The maximum atomic E-state index is 12.9. The highest BCUT2D eigenvalue weighted by Crippen LogP contribution is 2.23. The van der Waals surface area contributed by atoms with Gasteiger partial charge in [0.2, 0.25) is 0 Å². The molecule has 0 fully saturated rings. The zero-order valence-electron chi connectivity index (χ0n) is 19.9. The van der Waals surface area contributed by atoms with Crippen LogP contribution in [0.1, 0.15) is 47.1 Å². The zero-order valence-corrected chi connectivity index (χ0v) is 20.7. The molecule has 34 heavy (non-hydrogen) atoms. The average Bonchev–Trinajstić information content (AvgIpc) is 2.78. The Bertz CT molecular complexity index is 1280. The number of carbonyl (C=O) groups is 2. The van der Waals surface area contributed by atoms with Crippen LogP contribution in [0.15, 0.2) is 77.7 Å². The fourth-order valence-corrected chi connectivity index (χ4v) is 4.35. The van der Waals surface area contributed by atoms with Crippen molar-refractivity contribution in [3.8, 4) is 0 Å². The van der Waals surface area contributed by atoms with Crippen LogP contribution in [0.25, 0.3) is 0 Å². The van der Waals surface area contributed by atoms with E-state index in [1.165, 1.54) is 11.4 Å². The monoisotopic (exact) mass is 479 g/mol. The number of amides is 2. The van der Waals surface area contributed by atoms with Crippen LogP contribution in [0.3, 0.4) is 0 Å². The van der Waals surface area contributed by atoms with E-state index in [1.54, 1.807) is 72.8 Å². The Morgan fingerprint density at radius 2 is 1.26 bits per heavy atom. The van der Waals surface area contributed by atoms with Crippen molar-refractivity contribution >= 4 is 33.2 Å². The quantitative estimate of drug-likeness (QED) is 0.540. The van der Waals surface area contributed by atoms with Crippen molar-refractivity contribution < 1.29 is 18.0 Å². The molecule has 7 nitrogen and oxygen atoms in total. The summed E-state index contributed by atoms with van der Waals surface area (Å²) in [7, 11) is -2.24. The number of aryl methyl sites for hydroxylation is 1. The number of sulfonamides is 1. The van der Waals surface area contributed by atoms with E-state index in [0.29, 0.717) is 22.5 Å². The van der Waals surface area contributed by atoms with Gasteiger partial charge >= 0.3 is 0 Å². The van der Waals surface area contributed by atoms with E-state index >= 15 is 0 Å². The second-order valence-electron chi connectivity index (χ2n) is 9.07. The van der Waals surface area contributed by atoms with Crippen molar-refractivity contribution in [2.45, 2.75) is 38.1 Å². The lowest BCUT2D eigenvalue weighted by atomic mass is 10.1. The Balaban J connectivity index is 1.68.